The Bertz CT molecular complexity index is 335. The van der Waals surface area contributed by atoms with Crippen molar-refractivity contribution < 1.29 is 113 Å². The summed E-state index contributed by atoms with van der Waals surface area (Å²) in [5.74, 6) is 0.892. The number of hydrogen-bond acceptors (Lipinski definition) is 4. The number of aliphatic hydroxyl groups is 2. The fourth-order valence-corrected chi connectivity index (χ4v) is 1.65. The second-order valence-electron chi connectivity index (χ2n) is 9.92. The maximum atomic E-state index is 11.7. The molecule has 3 N–H and O–H groups in total. The molecule has 2 atom stereocenters. The van der Waals surface area contributed by atoms with Gasteiger partial charge in [-0.25, -0.2) is 0 Å². The molecule has 0 aromatic heterocycles. The Morgan fingerprint density at radius 2 is 1.26 bits per heavy atom. The van der Waals surface area contributed by atoms with Crippen molar-refractivity contribution in [3.8, 4) is 0 Å². The predicted molar refractivity (Wildman–Crippen MR) is 103 cm³/mol. The van der Waals surface area contributed by atoms with Gasteiger partial charge >= 0.3 is 0 Å². The van der Waals surface area contributed by atoms with E-state index in [1.54, 1.807) is 41.5 Å². The first-order chi connectivity index (χ1) is 10.4. The van der Waals surface area contributed by atoms with Gasteiger partial charge in [0, 0.05) is 105 Å². The van der Waals surface area contributed by atoms with Crippen LogP contribution in [0.3, 0.4) is 0 Å². The second-order valence-corrected chi connectivity index (χ2v) is 9.92. The van der Waals surface area contributed by atoms with Crippen LogP contribution in [0.15, 0.2) is 0 Å². The van der Waals surface area contributed by atoms with Crippen LogP contribution in [0.4, 0.5) is 0 Å². The Morgan fingerprint density at radius 1 is 0.926 bits per heavy atom. The molecule has 1 rings (SSSR count). The molecule has 1 saturated heterocycles. The zero-order valence-corrected chi connectivity index (χ0v) is 27.9. The first kappa shape index (κ1) is 40.2. The molecule has 0 amide bonds. The Kier molecular flexibility index (Phi) is 27.5. The average molecular weight is 611 g/mol. The summed E-state index contributed by atoms with van der Waals surface area (Å²) in [6.45, 7) is 20.1. The van der Waals surface area contributed by atoms with Crippen LogP contribution in [0.5, 0.6) is 0 Å². The first-order valence-corrected chi connectivity index (χ1v) is 8.94. The van der Waals surface area contributed by atoms with Crippen LogP contribution in [0, 0.1) is 17.8 Å². The number of nitrogens with one attached hydrogen (secondary N) is 1. The van der Waals surface area contributed by atoms with Crippen molar-refractivity contribution >= 4 is 5.78 Å². The molecule has 0 aromatic carbocycles. The zero-order chi connectivity index (χ0) is 19.8. The first-order valence-electron chi connectivity index (χ1n) is 8.94. The van der Waals surface area contributed by atoms with Crippen LogP contribution in [0.1, 0.15) is 82.1 Å². The maximum absolute atomic E-state index is 11.7. The molecule has 27 heavy (non-hydrogen) atoms. The molecule has 7 heteroatoms. The van der Waals surface area contributed by atoms with Gasteiger partial charge in [0.05, 0.1) is 11.2 Å². The minimum Gasteiger partial charge on any atom is -0.391 e. The van der Waals surface area contributed by atoms with Crippen molar-refractivity contribution in [3.05, 3.63) is 6.42 Å². The summed E-state index contributed by atoms with van der Waals surface area (Å²) in [7, 11) is 0. The second kappa shape index (κ2) is 18.4. The van der Waals surface area contributed by atoms with Crippen LogP contribution in [0.2, 0.25) is 0 Å². The van der Waals surface area contributed by atoms with E-state index in [4.69, 9.17) is 10.2 Å². The summed E-state index contributed by atoms with van der Waals surface area (Å²) in [5, 5.41) is 20.3. The molecular formula is C20H42NO3Y3-. The summed E-state index contributed by atoms with van der Waals surface area (Å²) < 4.78 is 0. The van der Waals surface area contributed by atoms with Crippen molar-refractivity contribution in [1.82, 2.24) is 5.32 Å². The van der Waals surface area contributed by atoms with E-state index >= 15 is 0 Å². The fraction of sp³-hybridized carbons (Fsp3) is 0.900. The van der Waals surface area contributed by atoms with E-state index in [1.165, 1.54) is 0 Å². The third kappa shape index (κ3) is 43.6. The quantitative estimate of drug-likeness (QED) is 0.426. The van der Waals surface area contributed by atoms with Gasteiger partial charge in [0.2, 0.25) is 0 Å². The SMILES string of the molecule is CC(C)(C)O.CC(C)(C)O.CC1[CH-]C(C(=O)CCC(C)(C)C)NC1.[Y].[Y].[Y]. The molecule has 1 aliphatic rings. The van der Waals surface area contributed by atoms with E-state index < -0.39 is 11.2 Å². The number of carbonyl (C=O) groups excluding carboxylic acids is 1. The standard InChI is InChI=1S/C12H22NO.2C4H10O.3Y/c1-9-7-10(13-8-9)11(14)5-6-12(2,3)4;2*1-4(2,3)5;;;/h7,9-10,13H,5-6,8H2,1-4H3;2*5H,1-3H3;;;/q-1;;;;;. The van der Waals surface area contributed by atoms with Crippen molar-refractivity contribution in [2.45, 2.75) is 99.3 Å². The summed E-state index contributed by atoms with van der Waals surface area (Å²) >= 11 is 0. The van der Waals surface area contributed by atoms with Gasteiger partial charge < -0.3 is 26.7 Å². The predicted octanol–water partition coefficient (Wildman–Crippen LogP) is 3.74. The largest absolute Gasteiger partial charge is 0.391 e. The van der Waals surface area contributed by atoms with Crippen molar-refractivity contribution in [1.29, 1.82) is 0 Å². The van der Waals surface area contributed by atoms with E-state index in [0.717, 1.165) is 13.0 Å². The maximum Gasteiger partial charge on any atom is 0.119 e. The molecule has 155 valence electrons. The van der Waals surface area contributed by atoms with Crippen LogP contribution in [0.25, 0.3) is 0 Å². The van der Waals surface area contributed by atoms with Gasteiger partial charge in [0.25, 0.3) is 0 Å². The van der Waals surface area contributed by atoms with Crippen LogP contribution < -0.4 is 5.32 Å². The Balaban J connectivity index is -0.000000106. The Morgan fingerprint density at radius 3 is 1.48 bits per heavy atom. The van der Waals surface area contributed by atoms with E-state index in [9.17, 15) is 4.79 Å². The van der Waals surface area contributed by atoms with Crippen molar-refractivity contribution in [2.75, 3.05) is 6.54 Å². The van der Waals surface area contributed by atoms with Gasteiger partial charge in [-0.05, 0) is 59.9 Å². The van der Waals surface area contributed by atoms with Gasteiger partial charge in [-0.2, -0.15) is 5.92 Å². The summed E-state index contributed by atoms with van der Waals surface area (Å²) in [6.07, 6.45) is 3.81. The molecule has 1 aliphatic heterocycles. The van der Waals surface area contributed by atoms with Crippen LogP contribution in [-0.2, 0) is 103 Å². The molecule has 0 aromatic rings. The number of Topliss-reactive ketones (excluding diaryl/α,β-unsaturated/α-hetero) is 1. The minimum atomic E-state index is -0.500. The summed E-state index contributed by atoms with van der Waals surface area (Å²) in [5.41, 5.74) is -0.736. The molecule has 1 fully saturated rings. The normalized spacial score (nSPS) is 19.0. The van der Waals surface area contributed by atoms with Crippen LogP contribution in [-0.4, -0.2) is 39.8 Å². The molecule has 3 radical (unpaired) electrons. The molecule has 1 heterocycles. The topological polar surface area (TPSA) is 69.6 Å². The number of hydrogen-bond donors (Lipinski definition) is 3. The van der Waals surface area contributed by atoms with E-state index in [-0.39, 0.29) is 110 Å². The average Bonchev–Trinajstić information content (AvgIpc) is 2.67. The van der Waals surface area contributed by atoms with Gasteiger partial charge in [0.15, 0.2) is 0 Å². The Labute approximate surface area is 244 Å². The number of rotatable bonds is 3. The van der Waals surface area contributed by atoms with E-state index in [0.29, 0.717) is 18.1 Å². The fourth-order valence-electron chi connectivity index (χ4n) is 1.65. The molecule has 0 saturated carbocycles. The number of ketones is 1. The molecule has 0 aliphatic carbocycles. The van der Waals surface area contributed by atoms with Gasteiger partial charge in [-0.15, -0.1) is 0 Å². The van der Waals surface area contributed by atoms with Crippen molar-refractivity contribution in [3.63, 3.8) is 0 Å². The summed E-state index contributed by atoms with van der Waals surface area (Å²) in [6, 6.07) is 0.0207. The minimum absolute atomic E-state index is 0. The molecular weight excluding hydrogens is 569 g/mol. The molecule has 0 spiro atoms. The molecule has 0 bridgehead atoms. The third-order valence-corrected chi connectivity index (χ3v) is 2.65. The van der Waals surface area contributed by atoms with E-state index in [1.807, 2.05) is 0 Å². The van der Waals surface area contributed by atoms with Crippen LogP contribution >= 0.6 is 0 Å². The zero-order valence-electron chi connectivity index (χ0n) is 19.4. The van der Waals surface area contributed by atoms with Gasteiger partial charge in [-0.3, -0.25) is 0 Å². The van der Waals surface area contributed by atoms with E-state index in [2.05, 4.69) is 39.4 Å². The monoisotopic (exact) mass is 611 g/mol. The summed E-state index contributed by atoms with van der Waals surface area (Å²) in [4.78, 5) is 11.7. The number of carbonyl (C=O) groups is 1. The van der Waals surface area contributed by atoms with Gasteiger partial charge in [-0.1, -0.05) is 33.7 Å². The van der Waals surface area contributed by atoms with Gasteiger partial charge in [0.1, 0.15) is 5.78 Å². The molecule has 2 unspecified atom stereocenters. The third-order valence-electron chi connectivity index (χ3n) is 2.65. The van der Waals surface area contributed by atoms with Crippen molar-refractivity contribution in [2.24, 2.45) is 11.3 Å². The Hall–Kier alpha value is 2.86. The smallest absolute Gasteiger partial charge is 0.119 e. The molecule has 4 nitrogen and oxygen atoms in total.